The topological polar surface area (TPSA) is 93.1 Å². The van der Waals surface area contributed by atoms with Gasteiger partial charge in [-0.3, -0.25) is 9.88 Å². The third kappa shape index (κ3) is 6.12. The Balaban J connectivity index is 1.60. The predicted octanol–water partition coefficient (Wildman–Crippen LogP) is 6.71. The third-order valence-corrected chi connectivity index (χ3v) is 6.65. The molecule has 8 nitrogen and oxygen atoms in total. The minimum absolute atomic E-state index is 0.126. The van der Waals surface area contributed by atoms with Crippen LogP contribution in [0.4, 0.5) is 29.7 Å². The smallest absolute Gasteiger partial charge is 0.433 e. The average Bonchev–Trinajstić information content (AvgIpc) is 3.24. The van der Waals surface area contributed by atoms with E-state index in [-0.39, 0.29) is 18.0 Å². The lowest BCUT2D eigenvalue weighted by molar-refractivity contribution is -0.141. The van der Waals surface area contributed by atoms with Crippen LogP contribution in [0.1, 0.15) is 70.4 Å². The number of nitrogens with zero attached hydrogens (tertiary/aromatic N) is 5. The van der Waals surface area contributed by atoms with Crippen LogP contribution in [0.2, 0.25) is 0 Å². The Morgan fingerprint density at radius 3 is 2.33 bits per heavy atom. The first-order valence-corrected chi connectivity index (χ1v) is 12.8. The van der Waals surface area contributed by atoms with Crippen LogP contribution in [-0.2, 0) is 16.3 Å². The Hall–Kier alpha value is -3.76. The maximum Gasteiger partial charge on any atom is 0.433 e. The summed E-state index contributed by atoms with van der Waals surface area (Å²) in [4.78, 5) is 31.2. The first kappa shape index (κ1) is 28.3. The lowest BCUT2D eigenvalue weighted by atomic mass is 9.89. The molecule has 3 aromatic rings. The van der Waals surface area contributed by atoms with E-state index in [1.165, 1.54) is 4.90 Å². The van der Waals surface area contributed by atoms with Crippen molar-refractivity contribution in [2.75, 3.05) is 16.8 Å². The summed E-state index contributed by atoms with van der Waals surface area (Å²) >= 11 is 0. The number of anilines is 2. The highest BCUT2D eigenvalue weighted by Gasteiger charge is 2.37. The number of aryl methyl sites for hydroxylation is 1. The van der Waals surface area contributed by atoms with Gasteiger partial charge in [0.15, 0.2) is 0 Å². The Kier molecular flexibility index (Phi) is 7.55. The molecule has 4 rings (SSSR count). The van der Waals surface area contributed by atoms with Crippen LogP contribution in [0.25, 0.3) is 11.1 Å². The maximum atomic E-state index is 13.6. The van der Waals surface area contributed by atoms with Crippen molar-refractivity contribution in [3.05, 3.63) is 59.3 Å². The molecule has 0 saturated carbocycles. The monoisotopic (exact) mass is 542 g/mol. The van der Waals surface area contributed by atoms with Gasteiger partial charge in [0.05, 0.1) is 17.8 Å². The van der Waals surface area contributed by atoms with E-state index in [2.05, 4.69) is 25.3 Å². The van der Waals surface area contributed by atoms with Gasteiger partial charge < -0.3 is 10.1 Å². The highest BCUT2D eigenvalue weighted by atomic mass is 19.4. The molecule has 0 radical (unpaired) electrons. The highest BCUT2D eigenvalue weighted by Crippen LogP contribution is 2.35. The lowest BCUT2D eigenvalue weighted by Crippen LogP contribution is -2.37. The van der Waals surface area contributed by atoms with Crippen LogP contribution in [0.3, 0.4) is 0 Å². The fourth-order valence-corrected chi connectivity index (χ4v) is 4.35. The number of hydrogen-bond acceptors (Lipinski definition) is 7. The number of aromatic nitrogens is 4. The Morgan fingerprint density at radius 1 is 1.03 bits per heavy atom. The molecule has 11 heteroatoms. The van der Waals surface area contributed by atoms with Gasteiger partial charge >= 0.3 is 12.3 Å². The second-order valence-electron chi connectivity index (χ2n) is 11.1. The summed E-state index contributed by atoms with van der Waals surface area (Å²) in [6.45, 7) is 13.4. The summed E-state index contributed by atoms with van der Waals surface area (Å²) in [6.07, 6.45) is -3.44. The molecule has 1 saturated heterocycles. The second-order valence-corrected chi connectivity index (χ2v) is 11.1. The van der Waals surface area contributed by atoms with Crippen molar-refractivity contribution in [3.8, 4) is 11.1 Å². The SMILES string of the molecule is Cc1nc([C@H](C)Nc2nccc(N3C(=O)OC[C@@H]3C(C)C)n2)ccc1-c1cc(C(C)(C)C)nc(C(F)(F)F)c1. The maximum absolute atomic E-state index is 13.6. The number of rotatable bonds is 6. The summed E-state index contributed by atoms with van der Waals surface area (Å²) in [5.41, 5.74) is 1.10. The first-order chi connectivity index (χ1) is 18.1. The zero-order valence-corrected chi connectivity index (χ0v) is 23.1. The molecule has 208 valence electrons. The molecule has 0 aliphatic carbocycles. The zero-order chi connectivity index (χ0) is 28.7. The highest BCUT2D eigenvalue weighted by molar-refractivity contribution is 5.89. The molecule has 39 heavy (non-hydrogen) atoms. The number of cyclic esters (lactones) is 1. The van der Waals surface area contributed by atoms with Gasteiger partial charge in [0, 0.05) is 28.6 Å². The molecule has 2 atom stereocenters. The number of amides is 1. The number of nitrogens with one attached hydrogen (secondary N) is 1. The van der Waals surface area contributed by atoms with Crippen LogP contribution < -0.4 is 10.2 Å². The summed E-state index contributed by atoms with van der Waals surface area (Å²) in [7, 11) is 0. The average molecular weight is 543 g/mol. The van der Waals surface area contributed by atoms with Crippen molar-refractivity contribution in [3.63, 3.8) is 0 Å². The normalized spacial score (nSPS) is 16.9. The molecule has 1 amide bonds. The van der Waals surface area contributed by atoms with Gasteiger partial charge in [0.2, 0.25) is 5.95 Å². The van der Waals surface area contributed by atoms with E-state index in [1.54, 1.807) is 37.4 Å². The van der Waals surface area contributed by atoms with Crippen molar-refractivity contribution in [2.45, 2.75) is 72.1 Å². The molecule has 1 aliphatic rings. The van der Waals surface area contributed by atoms with Crippen LogP contribution in [-0.4, -0.2) is 38.7 Å². The van der Waals surface area contributed by atoms with E-state index in [1.807, 2.05) is 41.5 Å². The first-order valence-electron chi connectivity index (χ1n) is 12.8. The van der Waals surface area contributed by atoms with E-state index in [0.717, 1.165) is 6.07 Å². The quantitative estimate of drug-likeness (QED) is 0.370. The fourth-order valence-electron chi connectivity index (χ4n) is 4.35. The number of alkyl halides is 3. The molecule has 4 heterocycles. The molecule has 1 aliphatic heterocycles. The van der Waals surface area contributed by atoms with E-state index < -0.39 is 23.4 Å². The Morgan fingerprint density at radius 2 is 1.72 bits per heavy atom. The number of ether oxygens (including phenoxy) is 1. The lowest BCUT2D eigenvalue weighted by Gasteiger charge is -2.24. The van der Waals surface area contributed by atoms with Crippen LogP contribution >= 0.6 is 0 Å². The number of carbonyl (C=O) groups excluding carboxylic acids is 1. The predicted molar refractivity (Wildman–Crippen MR) is 142 cm³/mol. The minimum atomic E-state index is -4.56. The van der Waals surface area contributed by atoms with E-state index in [0.29, 0.717) is 46.6 Å². The summed E-state index contributed by atoms with van der Waals surface area (Å²) < 4.78 is 46.1. The molecular weight excluding hydrogens is 509 g/mol. The number of hydrogen-bond donors (Lipinski definition) is 1. The van der Waals surface area contributed by atoms with Gasteiger partial charge in [-0.1, -0.05) is 40.7 Å². The van der Waals surface area contributed by atoms with E-state index >= 15 is 0 Å². The molecule has 0 aromatic carbocycles. The molecule has 0 bridgehead atoms. The van der Waals surface area contributed by atoms with Gasteiger partial charge in [0.1, 0.15) is 18.1 Å². The zero-order valence-electron chi connectivity index (χ0n) is 23.1. The summed E-state index contributed by atoms with van der Waals surface area (Å²) in [6, 6.07) is 7.49. The van der Waals surface area contributed by atoms with Crippen LogP contribution in [0.15, 0.2) is 36.5 Å². The molecule has 1 fully saturated rings. The van der Waals surface area contributed by atoms with Crippen molar-refractivity contribution in [1.82, 2.24) is 19.9 Å². The Labute approximate surface area is 226 Å². The number of carbonyl (C=O) groups is 1. The van der Waals surface area contributed by atoms with Crippen molar-refractivity contribution < 1.29 is 22.7 Å². The number of pyridine rings is 2. The Bertz CT molecular complexity index is 1340. The second kappa shape index (κ2) is 10.4. The molecule has 3 aromatic heterocycles. The van der Waals surface area contributed by atoms with Gasteiger partial charge in [-0.05, 0) is 49.6 Å². The molecule has 1 N–H and O–H groups in total. The summed E-state index contributed by atoms with van der Waals surface area (Å²) in [5, 5.41) is 3.20. The van der Waals surface area contributed by atoms with Gasteiger partial charge in [0.25, 0.3) is 0 Å². The van der Waals surface area contributed by atoms with Crippen LogP contribution in [0.5, 0.6) is 0 Å². The fraction of sp³-hybridized carbons (Fsp3) is 0.464. The molecule has 0 unspecified atom stereocenters. The standard InChI is InChI=1S/C28H33F3N6O2/c1-15(2)21-14-39-26(38)37(21)24-10-11-32-25(36-24)34-17(4)20-9-8-19(16(3)33-20)18-12-22(27(5,6)7)35-23(13-18)28(29,30)31/h8-13,15,17,21H,14H2,1-7H3,(H,32,34,36)/t17-,21+/m0/s1. The van der Waals surface area contributed by atoms with Crippen molar-refractivity contribution >= 4 is 17.9 Å². The van der Waals surface area contributed by atoms with E-state index in [4.69, 9.17) is 4.74 Å². The largest absolute Gasteiger partial charge is 0.447 e. The molecular formula is C28H33F3N6O2. The van der Waals surface area contributed by atoms with E-state index in [9.17, 15) is 18.0 Å². The third-order valence-electron chi connectivity index (χ3n) is 6.65. The van der Waals surface area contributed by atoms with Crippen molar-refractivity contribution in [1.29, 1.82) is 0 Å². The van der Waals surface area contributed by atoms with Gasteiger partial charge in [-0.2, -0.15) is 18.2 Å². The summed E-state index contributed by atoms with van der Waals surface area (Å²) in [5.74, 6) is 0.928. The number of halogens is 3. The van der Waals surface area contributed by atoms with Gasteiger partial charge in [-0.25, -0.2) is 14.8 Å². The van der Waals surface area contributed by atoms with Crippen LogP contribution in [0, 0.1) is 12.8 Å². The van der Waals surface area contributed by atoms with Crippen molar-refractivity contribution in [2.24, 2.45) is 5.92 Å². The molecule has 0 spiro atoms. The minimum Gasteiger partial charge on any atom is -0.447 e. The van der Waals surface area contributed by atoms with Gasteiger partial charge in [-0.15, -0.1) is 0 Å².